The maximum atomic E-state index is 12.0. The summed E-state index contributed by atoms with van der Waals surface area (Å²) in [6.45, 7) is 1.91. The number of carbonyl (C=O) groups is 3. The van der Waals surface area contributed by atoms with Crippen molar-refractivity contribution in [2.45, 2.75) is 32.2 Å². The second-order valence-electron chi connectivity index (χ2n) is 4.12. The summed E-state index contributed by atoms with van der Waals surface area (Å²) in [6.07, 6.45) is 4.20. The molecule has 0 bridgehead atoms. The van der Waals surface area contributed by atoms with Crippen LogP contribution >= 0.6 is 0 Å². The van der Waals surface area contributed by atoms with Gasteiger partial charge in [0.1, 0.15) is 6.04 Å². The van der Waals surface area contributed by atoms with Crippen molar-refractivity contribution in [1.29, 1.82) is 0 Å². The van der Waals surface area contributed by atoms with Gasteiger partial charge in [-0.3, -0.25) is 9.59 Å². The predicted octanol–water partition coefficient (Wildman–Crippen LogP) is -0.0513. The maximum absolute atomic E-state index is 12.0. The van der Waals surface area contributed by atoms with Gasteiger partial charge in [0.05, 0.1) is 0 Å². The van der Waals surface area contributed by atoms with Crippen LogP contribution in [0.5, 0.6) is 0 Å². The molecule has 0 saturated carbocycles. The average Bonchev–Trinajstić information content (AvgIpc) is 2.42. The van der Waals surface area contributed by atoms with E-state index in [0.29, 0.717) is 12.8 Å². The third-order valence-electron chi connectivity index (χ3n) is 2.60. The molecule has 20 heavy (non-hydrogen) atoms. The zero-order valence-electron chi connectivity index (χ0n) is 11.0. The van der Waals surface area contributed by atoms with Gasteiger partial charge in [-0.15, -0.1) is 0 Å². The molecule has 0 aliphatic carbocycles. The molecule has 1 atom stereocenters. The SMILES string of the molecule is CCCC[C@H](NC(=O)c1nccnc1C(N)=O)C(=O)O. The lowest BCUT2D eigenvalue weighted by Crippen LogP contribution is -2.42. The number of hydrogen-bond donors (Lipinski definition) is 3. The van der Waals surface area contributed by atoms with E-state index in [4.69, 9.17) is 10.8 Å². The number of aliphatic carboxylic acids is 1. The molecule has 0 radical (unpaired) electrons. The predicted molar refractivity (Wildman–Crippen MR) is 69.0 cm³/mol. The Balaban J connectivity index is 2.89. The third kappa shape index (κ3) is 4.01. The monoisotopic (exact) mass is 280 g/mol. The third-order valence-corrected chi connectivity index (χ3v) is 2.60. The van der Waals surface area contributed by atoms with Crippen molar-refractivity contribution in [1.82, 2.24) is 15.3 Å². The molecule has 1 rings (SSSR count). The first-order valence-corrected chi connectivity index (χ1v) is 6.11. The van der Waals surface area contributed by atoms with Crippen molar-refractivity contribution < 1.29 is 19.5 Å². The fraction of sp³-hybridized carbons (Fsp3) is 0.417. The summed E-state index contributed by atoms with van der Waals surface area (Å²) in [4.78, 5) is 41.5. The van der Waals surface area contributed by atoms with Crippen LogP contribution in [0.25, 0.3) is 0 Å². The number of primary amides is 1. The first kappa shape index (κ1) is 15.5. The lowest BCUT2D eigenvalue weighted by Gasteiger charge is -2.14. The number of unbranched alkanes of at least 4 members (excludes halogenated alkanes) is 1. The van der Waals surface area contributed by atoms with Crippen molar-refractivity contribution in [3.05, 3.63) is 23.8 Å². The van der Waals surface area contributed by atoms with E-state index in [1.54, 1.807) is 0 Å². The van der Waals surface area contributed by atoms with E-state index in [9.17, 15) is 14.4 Å². The highest BCUT2D eigenvalue weighted by Crippen LogP contribution is 2.05. The van der Waals surface area contributed by atoms with Gasteiger partial charge in [-0.25, -0.2) is 14.8 Å². The Hall–Kier alpha value is -2.51. The molecular formula is C12H16N4O4. The Morgan fingerprint density at radius 1 is 1.30 bits per heavy atom. The van der Waals surface area contributed by atoms with Crippen LogP contribution in [0, 0.1) is 0 Å². The second kappa shape index (κ2) is 7.17. The summed E-state index contributed by atoms with van der Waals surface area (Å²) in [5.41, 5.74) is 4.52. The summed E-state index contributed by atoms with van der Waals surface area (Å²) in [5.74, 6) is -2.82. The molecule has 0 saturated heterocycles. The summed E-state index contributed by atoms with van der Waals surface area (Å²) in [7, 11) is 0. The second-order valence-corrected chi connectivity index (χ2v) is 4.12. The number of amides is 2. The van der Waals surface area contributed by atoms with Gasteiger partial charge in [-0.05, 0) is 6.42 Å². The van der Waals surface area contributed by atoms with Gasteiger partial charge in [0.2, 0.25) is 0 Å². The summed E-state index contributed by atoms with van der Waals surface area (Å²) >= 11 is 0. The number of carboxylic acids is 1. The highest BCUT2D eigenvalue weighted by atomic mass is 16.4. The Kier molecular flexibility index (Phi) is 5.57. The number of nitrogens with one attached hydrogen (secondary N) is 1. The van der Waals surface area contributed by atoms with Crippen LogP contribution in [-0.4, -0.2) is 38.9 Å². The van der Waals surface area contributed by atoms with E-state index in [2.05, 4.69) is 15.3 Å². The van der Waals surface area contributed by atoms with E-state index in [-0.39, 0.29) is 11.4 Å². The molecule has 8 nitrogen and oxygen atoms in total. The van der Waals surface area contributed by atoms with Gasteiger partial charge in [0, 0.05) is 12.4 Å². The topological polar surface area (TPSA) is 135 Å². The minimum absolute atomic E-state index is 0.275. The van der Waals surface area contributed by atoms with Crippen molar-refractivity contribution in [2.75, 3.05) is 0 Å². The van der Waals surface area contributed by atoms with Crippen LogP contribution in [0.4, 0.5) is 0 Å². The molecule has 1 aromatic rings. The summed E-state index contributed by atoms with van der Waals surface area (Å²) in [6, 6.07) is -1.04. The Morgan fingerprint density at radius 3 is 2.40 bits per heavy atom. The van der Waals surface area contributed by atoms with Gasteiger partial charge >= 0.3 is 5.97 Å². The molecule has 108 valence electrons. The van der Waals surface area contributed by atoms with Crippen LogP contribution in [0.2, 0.25) is 0 Å². The van der Waals surface area contributed by atoms with Crippen LogP contribution in [0.15, 0.2) is 12.4 Å². The van der Waals surface area contributed by atoms with Crippen molar-refractivity contribution >= 4 is 17.8 Å². The van der Waals surface area contributed by atoms with E-state index in [1.807, 2.05) is 6.92 Å². The molecule has 0 aliphatic rings. The zero-order valence-corrected chi connectivity index (χ0v) is 11.0. The Morgan fingerprint density at radius 2 is 1.90 bits per heavy atom. The molecule has 0 aromatic carbocycles. The number of rotatable bonds is 7. The number of hydrogen-bond acceptors (Lipinski definition) is 5. The largest absolute Gasteiger partial charge is 0.480 e. The van der Waals surface area contributed by atoms with Gasteiger partial charge < -0.3 is 16.2 Å². The molecule has 1 heterocycles. The number of carbonyl (C=O) groups excluding carboxylic acids is 2. The van der Waals surface area contributed by atoms with Crippen LogP contribution in [0.3, 0.4) is 0 Å². The zero-order chi connectivity index (χ0) is 15.1. The van der Waals surface area contributed by atoms with Gasteiger partial charge in [-0.2, -0.15) is 0 Å². The van der Waals surface area contributed by atoms with Gasteiger partial charge in [0.25, 0.3) is 11.8 Å². The highest BCUT2D eigenvalue weighted by molar-refractivity contribution is 6.04. The number of nitrogens with two attached hydrogens (primary N) is 1. The standard InChI is InChI=1S/C12H16N4O4/c1-2-3-4-7(12(19)20)16-11(18)9-8(10(13)17)14-5-6-15-9/h5-7H,2-4H2,1H3,(H2,13,17)(H,16,18)(H,19,20)/t7-/m0/s1. The quantitative estimate of drug-likeness (QED) is 0.640. The number of nitrogens with zero attached hydrogens (tertiary/aromatic N) is 2. The minimum atomic E-state index is -1.14. The first-order chi connectivity index (χ1) is 9.47. The Labute approximate surface area is 115 Å². The van der Waals surface area contributed by atoms with Gasteiger partial charge in [0.15, 0.2) is 11.4 Å². The van der Waals surface area contributed by atoms with Crippen LogP contribution in [0.1, 0.15) is 47.2 Å². The molecule has 0 spiro atoms. The average molecular weight is 280 g/mol. The summed E-state index contributed by atoms with van der Waals surface area (Å²) in [5, 5.41) is 11.3. The van der Waals surface area contributed by atoms with Crippen molar-refractivity contribution in [3.63, 3.8) is 0 Å². The fourth-order valence-corrected chi connectivity index (χ4v) is 1.58. The lowest BCUT2D eigenvalue weighted by atomic mass is 10.1. The Bertz CT molecular complexity index is 518. The normalized spacial score (nSPS) is 11.7. The molecule has 4 N–H and O–H groups in total. The van der Waals surface area contributed by atoms with Crippen LogP contribution in [-0.2, 0) is 4.79 Å². The first-order valence-electron chi connectivity index (χ1n) is 6.11. The molecule has 0 unspecified atom stereocenters. The molecule has 0 aliphatic heterocycles. The summed E-state index contributed by atoms with van der Waals surface area (Å²) < 4.78 is 0. The van der Waals surface area contributed by atoms with E-state index in [1.165, 1.54) is 12.4 Å². The molecule has 1 aromatic heterocycles. The molecular weight excluding hydrogens is 264 g/mol. The van der Waals surface area contributed by atoms with Gasteiger partial charge in [-0.1, -0.05) is 19.8 Å². The lowest BCUT2D eigenvalue weighted by molar-refractivity contribution is -0.139. The molecule has 0 fully saturated rings. The van der Waals surface area contributed by atoms with Crippen molar-refractivity contribution in [2.24, 2.45) is 5.73 Å². The number of carboxylic acid groups (broad SMARTS) is 1. The van der Waals surface area contributed by atoms with E-state index < -0.39 is 23.8 Å². The maximum Gasteiger partial charge on any atom is 0.326 e. The van der Waals surface area contributed by atoms with E-state index >= 15 is 0 Å². The van der Waals surface area contributed by atoms with Crippen molar-refractivity contribution in [3.8, 4) is 0 Å². The molecule has 8 heteroatoms. The fourth-order valence-electron chi connectivity index (χ4n) is 1.58. The number of aromatic nitrogens is 2. The van der Waals surface area contributed by atoms with Crippen LogP contribution < -0.4 is 11.1 Å². The van der Waals surface area contributed by atoms with E-state index in [0.717, 1.165) is 6.42 Å². The highest BCUT2D eigenvalue weighted by Gasteiger charge is 2.24. The minimum Gasteiger partial charge on any atom is -0.480 e. The smallest absolute Gasteiger partial charge is 0.326 e. The molecule has 2 amide bonds.